The zero-order valence-corrected chi connectivity index (χ0v) is 15.4. The predicted molar refractivity (Wildman–Crippen MR) is 98.0 cm³/mol. The van der Waals surface area contributed by atoms with E-state index in [4.69, 9.17) is 27.9 Å². The van der Waals surface area contributed by atoms with Crippen molar-refractivity contribution in [3.63, 3.8) is 0 Å². The Morgan fingerprint density at radius 3 is 2.67 bits per heavy atom. The summed E-state index contributed by atoms with van der Waals surface area (Å²) in [5, 5.41) is 4.68. The maximum atomic E-state index is 11.9. The Morgan fingerprint density at radius 2 is 2.00 bits per heavy atom. The van der Waals surface area contributed by atoms with Gasteiger partial charge in [0.1, 0.15) is 15.5 Å². The van der Waals surface area contributed by atoms with Crippen LogP contribution >= 0.6 is 34.5 Å². The number of fused-ring (bicyclic) bond motifs is 1. The lowest BCUT2D eigenvalue weighted by atomic mass is 10.2. The number of anilines is 2. The van der Waals surface area contributed by atoms with E-state index in [1.165, 1.54) is 18.4 Å². The first-order chi connectivity index (χ1) is 11.4. The van der Waals surface area contributed by atoms with Crippen molar-refractivity contribution in [3.8, 4) is 0 Å². The molecule has 0 aliphatic rings. The lowest BCUT2D eigenvalue weighted by Crippen LogP contribution is -2.00. The van der Waals surface area contributed by atoms with Crippen molar-refractivity contribution in [2.45, 2.75) is 13.8 Å². The van der Waals surface area contributed by atoms with Gasteiger partial charge in [0.15, 0.2) is 0 Å². The van der Waals surface area contributed by atoms with Gasteiger partial charge in [-0.25, -0.2) is 9.78 Å². The van der Waals surface area contributed by atoms with E-state index in [0.717, 1.165) is 22.2 Å². The Morgan fingerprint density at radius 1 is 1.25 bits per heavy atom. The molecule has 124 valence electrons. The van der Waals surface area contributed by atoms with Crippen LogP contribution in [-0.4, -0.2) is 23.0 Å². The first kappa shape index (κ1) is 17.0. The molecule has 8 heteroatoms. The number of benzene rings is 1. The minimum Gasteiger partial charge on any atom is -0.465 e. The van der Waals surface area contributed by atoms with Gasteiger partial charge in [0, 0.05) is 10.7 Å². The molecule has 0 spiro atoms. The van der Waals surface area contributed by atoms with Crippen molar-refractivity contribution in [3.05, 3.63) is 44.5 Å². The van der Waals surface area contributed by atoms with Crippen molar-refractivity contribution in [2.24, 2.45) is 0 Å². The number of thiophene rings is 1. The van der Waals surface area contributed by atoms with Gasteiger partial charge in [-0.3, -0.25) is 0 Å². The van der Waals surface area contributed by atoms with E-state index in [1.807, 2.05) is 32.0 Å². The monoisotopic (exact) mass is 381 g/mol. The summed E-state index contributed by atoms with van der Waals surface area (Å²) in [6, 6.07) is 5.61. The van der Waals surface area contributed by atoms with Gasteiger partial charge in [-0.15, -0.1) is 11.3 Å². The van der Waals surface area contributed by atoms with Crippen molar-refractivity contribution < 1.29 is 9.53 Å². The number of halogens is 2. The number of carbonyl (C=O) groups excluding carboxylic acids is 1. The molecule has 0 amide bonds. The summed E-state index contributed by atoms with van der Waals surface area (Å²) >= 11 is 13.4. The number of aromatic nitrogens is 2. The number of nitrogens with zero attached hydrogens (tertiary/aromatic N) is 2. The molecule has 2 heterocycles. The Hall–Kier alpha value is -1.89. The molecule has 0 fully saturated rings. The van der Waals surface area contributed by atoms with E-state index in [9.17, 15) is 4.79 Å². The molecule has 0 radical (unpaired) electrons. The van der Waals surface area contributed by atoms with Crippen LogP contribution in [0, 0.1) is 13.8 Å². The number of ether oxygens (including phenoxy) is 1. The minimum atomic E-state index is -0.407. The molecule has 2 aromatic heterocycles. The summed E-state index contributed by atoms with van der Waals surface area (Å²) in [7, 11) is 1.35. The lowest BCUT2D eigenvalue weighted by Gasteiger charge is -2.09. The van der Waals surface area contributed by atoms with Gasteiger partial charge in [-0.05, 0) is 48.7 Å². The smallest absolute Gasteiger partial charge is 0.348 e. The van der Waals surface area contributed by atoms with Gasteiger partial charge in [-0.1, -0.05) is 17.7 Å². The van der Waals surface area contributed by atoms with Crippen LogP contribution in [0.4, 0.5) is 11.5 Å². The van der Waals surface area contributed by atoms with Crippen LogP contribution < -0.4 is 5.32 Å². The van der Waals surface area contributed by atoms with Crippen LogP contribution in [0.25, 0.3) is 10.2 Å². The van der Waals surface area contributed by atoms with Crippen LogP contribution in [-0.2, 0) is 4.74 Å². The molecular formula is C16H13Cl2N3O2S. The normalized spacial score (nSPS) is 10.9. The fraction of sp³-hybridized carbons (Fsp3) is 0.188. The van der Waals surface area contributed by atoms with Gasteiger partial charge in [0.05, 0.1) is 12.5 Å². The molecule has 0 aliphatic heterocycles. The minimum absolute atomic E-state index is 0.0980. The molecule has 3 aromatic rings. The highest BCUT2D eigenvalue weighted by Crippen LogP contribution is 2.36. The second-order valence-electron chi connectivity index (χ2n) is 5.16. The van der Waals surface area contributed by atoms with E-state index in [0.29, 0.717) is 20.5 Å². The van der Waals surface area contributed by atoms with Gasteiger partial charge in [0.25, 0.3) is 0 Å². The number of carbonyl (C=O) groups is 1. The van der Waals surface area contributed by atoms with Gasteiger partial charge < -0.3 is 10.1 Å². The average molecular weight is 382 g/mol. The number of esters is 1. The molecule has 0 saturated heterocycles. The Kier molecular flexibility index (Phi) is 4.62. The summed E-state index contributed by atoms with van der Waals surface area (Å²) in [5.74, 6) is 0.116. The third-order valence-corrected chi connectivity index (χ3v) is 5.31. The highest BCUT2D eigenvalue weighted by Gasteiger charge is 2.21. The van der Waals surface area contributed by atoms with E-state index in [2.05, 4.69) is 15.3 Å². The Labute approximate surface area is 152 Å². The number of nitrogens with one attached hydrogen (secondary N) is 1. The highest BCUT2D eigenvalue weighted by atomic mass is 35.5. The third kappa shape index (κ3) is 3.05. The summed E-state index contributed by atoms with van der Waals surface area (Å²) in [5.41, 5.74) is 2.50. The zero-order chi connectivity index (χ0) is 17.4. The molecule has 5 nitrogen and oxygen atoms in total. The maximum Gasteiger partial charge on any atom is 0.348 e. The van der Waals surface area contributed by atoms with Crippen LogP contribution in [0.1, 0.15) is 20.8 Å². The SMILES string of the molecule is COC(=O)c1sc2nc(Cl)nc(Nc3ccc(C)c(Cl)c3)c2c1C. The summed E-state index contributed by atoms with van der Waals surface area (Å²) in [4.78, 5) is 21.5. The van der Waals surface area contributed by atoms with E-state index in [1.54, 1.807) is 0 Å². The molecule has 24 heavy (non-hydrogen) atoms. The van der Waals surface area contributed by atoms with Crippen molar-refractivity contribution in [1.82, 2.24) is 9.97 Å². The molecule has 0 aliphatic carbocycles. The largest absolute Gasteiger partial charge is 0.465 e. The molecular weight excluding hydrogens is 369 g/mol. The number of hydrogen-bond donors (Lipinski definition) is 1. The van der Waals surface area contributed by atoms with Crippen molar-refractivity contribution >= 4 is 62.2 Å². The molecule has 1 aromatic carbocycles. The van der Waals surface area contributed by atoms with Crippen molar-refractivity contribution in [1.29, 1.82) is 0 Å². The zero-order valence-electron chi connectivity index (χ0n) is 13.1. The first-order valence-electron chi connectivity index (χ1n) is 6.99. The number of rotatable bonds is 3. The van der Waals surface area contributed by atoms with Crippen LogP contribution in [0.3, 0.4) is 0 Å². The highest BCUT2D eigenvalue weighted by molar-refractivity contribution is 7.20. The maximum absolute atomic E-state index is 11.9. The van der Waals surface area contributed by atoms with Crippen LogP contribution in [0.2, 0.25) is 10.3 Å². The Balaban J connectivity index is 2.14. The molecule has 0 atom stereocenters. The van der Waals surface area contributed by atoms with E-state index in [-0.39, 0.29) is 5.28 Å². The standard InChI is InChI=1S/C16H13Cl2N3O2S/c1-7-4-5-9(6-10(7)17)19-13-11-8(2)12(15(22)23-3)24-14(11)21-16(18)20-13/h4-6H,1-3H3,(H,19,20,21). The fourth-order valence-corrected chi connectivity index (χ4v) is 3.80. The van der Waals surface area contributed by atoms with Gasteiger partial charge in [-0.2, -0.15) is 4.98 Å². The van der Waals surface area contributed by atoms with E-state index < -0.39 is 5.97 Å². The molecule has 0 unspecified atom stereocenters. The van der Waals surface area contributed by atoms with Gasteiger partial charge in [0.2, 0.25) is 5.28 Å². The summed E-state index contributed by atoms with van der Waals surface area (Å²) in [6.07, 6.45) is 0. The fourth-order valence-electron chi connectivity index (χ4n) is 2.30. The van der Waals surface area contributed by atoms with Crippen LogP contribution in [0.15, 0.2) is 18.2 Å². The number of methoxy groups -OCH3 is 1. The summed E-state index contributed by atoms with van der Waals surface area (Å²) < 4.78 is 4.82. The van der Waals surface area contributed by atoms with Crippen molar-refractivity contribution in [2.75, 3.05) is 12.4 Å². The third-order valence-electron chi connectivity index (χ3n) is 3.57. The quantitative estimate of drug-likeness (QED) is 0.502. The number of aryl methyl sites for hydroxylation is 2. The average Bonchev–Trinajstić information content (AvgIpc) is 2.87. The summed E-state index contributed by atoms with van der Waals surface area (Å²) in [6.45, 7) is 3.76. The number of hydrogen-bond acceptors (Lipinski definition) is 6. The lowest BCUT2D eigenvalue weighted by molar-refractivity contribution is 0.0605. The molecule has 1 N–H and O–H groups in total. The predicted octanol–water partition coefficient (Wildman–Crippen LogP) is 5.15. The Bertz CT molecular complexity index is 956. The van der Waals surface area contributed by atoms with Crippen LogP contribution in [0.5, 0.6) is 0 Å². The molecule has 0 saturated carbocycles. The van der Waals surface area contributed by atoms with E-state index >= 15 is 0 Å². The topological polar surface area (TPSA) is 64.1 Å². The molecule has 0 bridgehead atoms. The molecule has 3 rings (SSSR count). The first-order valence-corrected chi connectivity index (χ1v) is 8.56. The van der Waals surface area contributed by atoms with Gasteiger partial charge >= 0.3 is 5.97 Å². The second-order valence-corrected chi connectivity index (χ2v) is 6.90. The second kappa shape index (κ2) is 6.55.